The van der Waals surface area contributed by atoms with Crippen molar-refractivity contribution in [1.82, 2.24) is 4.31 Å². The second kappa shape index (κ2) is 4.67. The Morgan fingerprint density at radius 1 is 1.33 bits per heavy atom. The first-order valence-electron chi connectivity index (χ1n) is 4.30. The van der Waals surface area contributed by atoms with E-state index in [1.54, 1.807) is 6.07 Å². The molecule has 1 aromatic rings. The Morgan fingerprint density at radius 2 is 1.93 bits per heavy atom. The highest BCUT2D eigenvalue weighted by Gasteiger charge is 2.14. The van der Waals surface area contributed by atoms with Gasteiger partial charge in [-0.3, -0.25) is 4.72 Å². The average Bonchev–Trinajstić information content (AvgIpc) is 2.12. The lowest BCUT2D eigenvalue weighted by atomic mass is 10.2. The van der Waals surface area contributed by atoms with E-state index in [4.69, 9.17) is 0 Å². The summed E-state index contributed by atoms with van der Waals surface area (Å²) in [5.41, 5.74) is 1.55. The van der Waals surface area contributed by atoms with Crippen LogP contribution in [0.2, 0.25) is 0 Å². The van der Waals surface area contributed by atoms with E-state index in [1.807, 2.05) is 19.1 Å². The van der Waals surface area contributed by atoms with Crippen molar-refractivity contribution in [3.8, 4) is 0 Å². The molecule has 0 aliphatic carbocycles. The monoisotopic (exact) mass is 340 g/mol. The molecule has 0 radical (unpaired) electrons. The summed E-state index contributed by atoms with van der Waals surface area (Å²) in [6.45, 7) is 1.88. The SMILES string of the molecule is Cc1c(I)cccc1NS(=O)(=O)N(C)C. The van der Waals surface area contributed by atoms with Gasteiger partial charge in [0, 0.05) is 17.7 Å². The van der Waals surface area contributed by atoms with Gasteiger partial charge in [0.25, 0.3) is 0 Å². The van der Waals surface area contributed by atoms with E-state index in [-0.39, 0.29) is 0 Å². The lowest BCUT2D eigenvalue weighted by Gasteiger charge is -2.15. The summed E-state index contributed by atoms with van der Waals surface area (Å²) in [6, 6.07) is 5.50. The molecule has 15 heavy (non-hydrogen) atoms. The van der Waals surface area contributed by atoms with Crippen LogP contribution in [0.15, 0.2) is 18.2 Å². The van der Waals surface area contributed by atoms with Gasteiger partial charge in [0.05, 0.1) is 5.69 Å². The molecule has 0 aliphatic heterocycles. The number of rotatable bonds is 3. The van der Waals surface area contributed by atoms with E-state index in [0.29, 0.717) is 5.69 Å². The predicted molar refractivity (Wildman–Crippen MR) is 70.1 cm³/mol. The highest BCUT2D eigenvalue weighted by molar-refractivity contribution is 14.1. The number of nitrogens with zero attached hydrogens (tertiary/aromatic N) is 1. The van der Waals surface area contributed by atoms with Crippen LogP contribution >= 0.6 is 22.6 Å². The first-order valence-corrected chi connectivity index (χ1v) is 6.82. The van der Waals surface area contributed by atoms with Gasteiger partial charge >= 0.3 is 10.2 Å². The molecule has 0 fully saturated rings. The molecule has 0 amide bonds. The molecule has 0 unspecified atom stereocenters. The molecular formula is C9H13IN2O2S. The molecule has 0 bridgehead atoms. The number of benzene rings is 1. The number of hydrogen-bond donors (Lipinski definition) is 1. The minimum Gasteiger partial charge on any atom is -0.271 e. The van der Waals surface area contributed by atoms with Gasteiger partial charge in [-0.15, -0.1) is 0 Å². The zero-order valence-corrected chi connectivity index (χ0v) is 11.8. The third-order valence-corrected chi connectivity index (χ3v) is 4.60. The predicted octanol–water partition coefficient (Wildman–Crippen LogP) is 1.82. The molecule has 1 aromatic carbocycles. The van der Waals surface area contributed by atoms with E-state index < -0.39 is 10.2 Å². The minimum atomic E-state index is -3.41. The maximum atomic E-state index is 11.6. The summed E-state index contributed by atoms with van der Waals surface area (Å²) in [7, 11) is -0.427. The lowest BCUT2D eigenvalue weighted by molar-refractivity contribution is 0.527. The van der Waals surface area contributed by atoms with Crippen molar-refractivity contribution in [1.29, 1.82) is 0 Å². The summed E-state index contributed by atoms with van der Waals surface area (Å²) in [5, 5.41) is 0. The van der Waals surface area contributed by atoms with Crippen LogP contribution in [0, 0.1) is 10.5 Å². The topological polar surface area (TPSA) is 49.4 Å². The molecule has 1 rings (SSSR count). The van der Waals surface area contributed by atoms with Crippen molar-refractivity contribution in [3.63, 3.8) is 0 Å². The van der Waals surface area contributed by atoms with E-state index in [9.17, 15) is 8.42 Å². The Morgan fingerprint density at radius 3 is 2.47 bits per heavy atom. The molecule has 1 N–H and O–H groups in total. The Bertz CT molecular complexity index is 457. The molecular weight excluding hydrogens is 327 g/mol. The smallest absolute Gasteiger partial charge is 0.271 e. The molecule has 0 aliphatic rings. The Kier molecular flexibility index (Phi) is 3.96. The quantitative estimate of drug-likeness (QED) is 0.854. The fraction of sp³-hybridized carbons (Fsp3) is 0.333. The fourth-order valence-corrected chi connectivity index (χ4v) is 2.13. The molecule has 0 aromatic heterocycles. The molecule has 0 saturated heterocycles. The van der Waals surface area contributed by atoms with Crippen LogP contribution in [-0.4, -0.2) is 26.8 Å². The van der Waals surface area contributed by atoms with Gasteiger partial charge < -0.3 is 0 Å². The summed E-state index contributed by atoms with van der Waals surface area (Å²) in [5.74, 6) is 0. The Hall–Kier alpha value is -0.340. The highest BCUT2D eigenvalue weighted by atomic mass is 127. The zero-order chi connectivity index (χ0) is 11.6. The van der Waals surface area contributed by atoms with Gasteiger partial charge in [-0.1, -0.05) is 6.07 Å². The Labute approximate surface area is 104 Å². The summed E-state index contributed by atoms with van der Waals surface area (Å²) < 4.78 is 27.9. The zero-order valence-electron chi connectivity index (χ0n) is 8.78. The maximum absolute atomic E-state index is 11.6. The number of anilines is 1. The van der Waals surface area contributed by atoms with Gasteiger partial charge in [0.1, 0.15) is 0 Å². The fourth-order valence-electron chi connectivity index (χ4n) is 0.948. The van der Waals surface area contributed by atoms with Crippen molar-refractivity contribution in [2.24, 2.45) is 0 Å². The van der Waals surface area contributed by atoms with Crippen LogP contribution in [-0.2, 0) is 10.2 Å². The maximum Gasteiger partial charge on any atom is 0.301 e. The summed E-state index contributed by atoms with van der Waals surface area (Å²) in [4.78, 5) is 0. The standard InChI is InChI=1S/C9H13IN2O2S/c1-7-8(10)5-4-6-9(7)11-15(13,14)12(2)3/h4-6,11H,1-3H3. The van der Waals surface area contributed by atoms with Crippen LogP contribution in [0.25, 0.3) is 0 Å². The van der Waals surface area contributed by atoms with Gasteiger partial charge in [-0.05, 0) is 47.2 Å². The van der Waals surface area contributed by atoms with Gasteiger partial charge in [-0.2, -0.15) is 12.7 Å². The van der Waals surface area contributed by atoms with Crippen LogP contribution < -0.4 is 4.72 Å². The number of hydrogen-bond acceptors (Lipinski definition) is 2. The highest BCUT2D eigenvalue weighted by Crippen LogP contribution is 2.21. The van der Waals surface area contributed by atoms with Gasteiger partial charge in [0.2, 0.25) is 0 Å². The molecule has 0 spiro atoms. The average molecular weight is 340 g/mol. The molecule has 0 atom stereocenters. The van der Waals surface area contributed by atoms with E-state index in [1.165, 1.54) is 14.1 Å². The molecule has 4 nitrogen and oxygen atoms in total. The van der Waals surface area contributed by atoms with Gasteiger partial charge in [-0.25, -0.2) is 0 Å². The van der Waals surface area contributed by atoms with Crippen molar-refractivity contribution in [2.75, 3.05) is 18.8 Å². The number of halogens is 1. The second-order valence-electron chi connectivity index (χ2n) is 3.30. The second-order valence-corrected chi connectivity index (χ2v) is 6.35. The Balaban J connectivity index is 3.06. The van der Waals surface area contributed by atoms with Crippen LogP contribution in [0.3, 0.4) is 0 Å². The third-order valence-electron chi connectivity index (χ3n) is 1.99. The molecule has 84 valence electrons. The van der Waals surface area contributed by atoms with Crippen molar-refractivity contribution in [2.45, 2.75) is 6.92 Å². The van der Waals surface area contributed by atoms with E-state index in [2.05, 4.69) is 27.3 Å². The summed E-state index contributed by atoms with van der Waals surface area (Å²) >= 11 is 2.17. The lowest BCUT2D eigenvalue weighted by Crippen LogP contribution is -2.29. The van der Waals surface area contributed by atoms with Crippen LogP contribution in [0.5, 0.6) is 0 Å². The normalized spacial score (nSPS) is 11.8. The number of nitrogens with one attached hydrogen (secondary N) is 1. The minimum absolute atomic E-state index is 0.621. The summed E-state index contributed by atoms with van der Waals surface area (Å²) in [6.07, 6.45) is 0. The largest absolute Gasteiger partial charge is 0.301 e. The van der Waals surface area contributed by atoms with Crippen LogP contribution in [0.4, 0.5) is 5.69 Å². The first-order chi connectivity index (χ1) is 6.84. The van der Waals surface area contributed by atoms with Crippen molar-refractivity contribution in [3.05, 3.63) is 27.3 Å². The van der Waals surface area contributed by atoms with Crippen LogP contribution in [0.1, 0.15) is 5.56 Å². The van der Waals surface area contributed by atoms with E-state index >= 15 is 0 Å². The first kappa shape index (κ1) is 12.7. The van der Waals surface area contributed by atoms with Crippen molar-refractivity contribution < 1.29 is 8.42 Å². The molecule has 6 heteroatoms. The molecule has 0 heterocycles. The third kappa shape index (κ3) is 3.05. The van der Waals surface area contributed by atoms with Crippen molar-refractivity contribution >= 4 is 38.5 Å². The molecule has 0 saturated carbocycles. The van der Waals surface area contributed by atoms with Gasteiger partial charge in [0.15, 0.2) is 0 Å². The van der Waals surface area contributed by atoms with E-state index in [0.717, 1.165) is 13.4 Å².